The first-order valence-electron chi connectivity index (χ1n) is 6.97. The van der Waals surface area contributed by atoms with Gasteiger partial charge < -0.3 is 4.74 Å². The zero-order chi connectivity index (χ0) is 15.2. The van der Waals surface area contributed by atoms with Gasteiger partial charge in [0.15, 0.2) is 0 Å². The Morgan fingerprint density at radius 1 is 1.19 bits per heavy atom. The highest BCUT2D eigenvalue weighted by Crippen LogP contribution is 2.31. The Labute approximate surface area is 124 Å². The quantitative estimate of drug-likeness (QED) is 0.815. The van der Waals surface area contributed by atoms with Crippen LogP contribution in [-0.4, -0.2) is 7.11 Å². The van der Waals surface area contributed by atoms with Crippen LogP contribution in [0, 0.1) is 17.1 Å². The second-order valence-electron chi connectivity index (χ2n) is 4.97. The molecule has 1 atom stereocenters. The molecule has 0 radical (unpaired) electrons. The summed E-state index contributed by atoms with van der Waals surface area (Å²) in [4.78, 5) is 0. The van der Waals surface area contributed by atoms with Gasteiger partial charge in [-0.05, 0) is 47.4 Å². The number of hydrogen-bond donors (Lipinski definition) is 0. The van der Waals surface area contributed by atoms with E-state index in [0.29, 0.717) is 12.2 Å². The van der Waals surface area contributed by atoms with Gasteiger partial charge in [-0.25, -0.2) is 4.39 Å². The highest BCUT2D eigenvalue weighted by Gasteiger charge is 2.16. The van der Waals surface area contributed by atoms with E-state index in [1.54, 1.807) is 7.11 Å². The zero-order valence-electron chi connectivity index (χ0n) is 12.3. The Hall–Kier alpha value is -2.18. The summed E-state index contributed by atoms with van der Waals surface area (Å²) >= 11 is 0. The van der Waals surface area contributed by atoms with Crippen LogP contribution in [0.1, 0.15) is 41.5 Å². The van der Waals surface area contributed by atoms with Crippen LogP contribution in [0.2, 0.25) is 0 Å². The van der Waals surface area contributed by atoms with E-state index in [2.05, 4.69) is 13.0 Å². The maximum Gasteiger partial charge on any atom is 0.123 e. The standard InChI is InChI=1S/C18H18FNO/c1-3-17(14-5-7-16(19)8-6-14)18-9-4-13(11-20)10-15(18)12-21-2/h4-10,17H,3,12H2,1-2H3. The molecule has 3 heteroatoms. The molecule has 2 aromatic carbocycles. The minimum absolute atomic E-state index is 0.170. The van der Waals surface area contributed by atoms with Crippen molar-refractivity contribution in [3.8, 4) is 6.07 Å². The lowest BCUT2D eigenvalue weighted by atomic mass is 9.86. The second-order valence-corrected chi connectivity index (χ2v) is 4.97. The molecular formula is C18H18FNO. The lowest BCUT2D eigenvalue weighted by Gasteiger charge is -2.20. The Morgan fingerprint density at radius 3 is 2.48 bits per heavy atom. The van der Waals surface area contributed by atoms with E-state index in [1.165, 1.54) is 12.1 Å². The molecule has 0 amide bonds. The highest BCUT2D eigenvalue weighted by atomic mass is 19.1. The van der Waals surface area contributed by atoms with Crippen molar-refractivity contribution in [1.29, 1.82) is 5.26 Å². The fraction of sp³-hybridized carbons (Fsp3) is 0.278. The lowest BCUT2D eigenvalue weighted by Crippen LogP contribution is -2.05. The number of methoxy groups -OCH3 is 1. The van der Waals surface area contributed by atoms with E-state index in [1.807, 2.05) is 30.3 Å². The van der Waals surface area contributed by atoms with Crippen molar-refractivity contribution in [2.24, 2.45) is 0 Å². The fourth-order valence-corrected chi connectivity index (χ4v) is 2.63. The Kier molecular flexibility index (Phi) is 5.08. The molecule has 2 nitrogen and oxygen atoms in total. The summed E-state index contributed by atoms with van der Waals surface area (Å²) in [6.07, 6.45) is 0.897. The molecular weight excluding hydrogens is 265 g/mol. The molecule has 2 aromatic rings. The third kappa shape index (κ3) is 3.48. The minimum atomic E-state index is -0.231. The largest absolute Gasteiger partial charge is 0.380 e. The lowest BCUT2D eigenvalue weighted by molar-refractivity contribution is 0.184. The van der Waals surface area contributed by atoms with Gasteiger partial charge in [-0.15, -0.1) is 0 Å². The van der Waals surface area contributed by atoms with Crippen LogP contribution in [-0.2, 0) is 11.3 Å². The summed E-state index contributed by atoms with van der Waals surface area (Å²) in [6, 6.07) is 14.4. The molecule has 1 unspecified atom stereocenters. The molecule has 0 aliphatic heterocycles. The number of halogens is 1. The van der Waals surface area contributed by atoms with Crippen LogP contribution in [0.15, 0.2) is 42.5 Å². The van der Waals surface area contributed by atoms with Gasteiger partial charge in [-0.1, -0.05) is 25.1 Å². The van der Waals surface area contributed by atoms with Gasteiger partial charge >= 0.3 is 0 Å². The fourth-order valence-electron chi connectivity index (χ4n) is 2.63. The van der Waals surface area contributed by atoms with E-state index < -0.39 is 0 Å². The van der Waals surface area contributed by atoms with Gasteiger partial charge in [0, 0.05) is 13.0 Å². The number of ether oxygens (including phenoxy) is 1. The molecule has 0 spiro atoms. The van der Waals surface area contributed by atoms with Crippen molar-refractivity contribution >= 4 is 0 Å². The summed E-state index contributed by atoms with van der Waals surface area (Å²) in [5, 5.41) is 9.03. The van der Waals surface area contributed by atoms with Crippen LogP contribution in [0.3, 0.4) is 0 Å². The van der Waals surface area contributed by atoms with Crippen molar-refractivity contribution in [3.63, 3.8) is 0 Å². The smallest absolute Gasteiger partial charge is 0.123 e. The summed E-state index contributed by atoms with van der Waals surface area (Å²) in [5.74, 6) is -0.0611. The SMILES string of the molecule is CCC(c1ccc(F)cc1)c1ccc(C#N)cc1COC. The first-order chi connectivity index (χ1) is 10.2. The van der Waals surface area contributed by atoms with Crippen LogP contribution in [0.5, 0.6) is 0 Å². The van der Waals surface area contributed by atoms with Crippen LogP contribution in [0.25, 0.3) is 0 Å². The van der Waals surface area contributed by atoms with Crippen molar-refractivity contribution in [2.75, 3.05) is 7.11 Å². The van der Waals surface area contributed by atoms with Crippen molar-refractivity contribution in [1.82, 2.24) is 0 Å². The molecule has 0 saturated carbocycles. The monoisotopic (exact) mass is 283 g/mol. The van der Waals surface area contributed by atoms with E-state index in [0.717, 1.165) is 23.1 Å². The highest BCUT2D eigenvalue weighted by molar-refractivity contribution is 5.43. The summed E-state index contributed by atoms with van der Waals surface area (Å²) in [6.45, 7) is 2.56. The third-order valence-electron chi connectivity index (χ3n) is 3.63. The maximum absolute atomic E-state index is 13.1. The van der Waals surface area contributed by atoms with E-state index in [9.17, 15) is 4.39 Å². The summed E-state index contributed by atoms with van der Waals surface area (Å²) < 4.78 is 18.3. The normalized spacial score (nSPS) is 11.9. The van der Waals surface area contributed by atoms with Gasteiger partial charge in [0.05, 0.1) is 18.2 Å². The molecule has 0 heterocycles. The summed E-state index contributed by atoms with van der Waals surface area (Å²) in [7, 11) is 1.64. The van der Waals surface area contributed by atoms with Gasteiger partial charge in [0.25, 0.3) is 0 Å². The second kappa shape index (κ2) is 7.01. The molecule has 0 aromatic heterocycles. The number of nitriles is 1. The predicted octanol–water partition coefficient (Wildman–Crippen LogP) is 4.39. The van der Waals surface area contributed by atoms with E-state index in [4.69, 9.17) is 10.00 Å². The van der Waals surface area contributed by atoms with E-state index >= 15 is 0 Å². The molecule has 0 fully saturated rings. The first-order valence-corrected chi connectivity index (χ1v) is 6.97. The van der Waals surface area contributed by atoms with Crippen LogP contribution < -0.4 is 0 Å². The molecule has 0 saturated heterocycles. The number of hydrogen-bond acceptors (Lipinski definition) is 2. The third-order valence-corrected chi connectivity index (χ3v) is 3.63. The van der Waals surface area contributed by atoms with Crippen LogP contribution >= 0.6 is 0 Å². The Morgan fingerprint density at radius 2 is 1.90 bits per heavy atom. The van der Waals surface area contributed by atoms with E-state index in [-0.39, 0.29) is 11.7 Å². The molecule has 2 rings (SSSR count). The predicted molar refractivity (Wildman–Crippen MR) is 80.4 cm³/mol. The molecule has 108 valence electrons. The average Bonchev–Trinajstić information content (AvgIpc) is 2.51. The molecule has 21 heavy (non-hydrogen) atoms. The molecule has 0 N–H and O–H groups in total. The van der Waals surface area contributed by atoms with Crippen molar-refractivity contribution in [3.05, 3.63) is 70.5 Å². The molecule has 0 aliphatic rings. The van der Waals surface area contributed by atoms with Crippen molar-refractivity contribution < 1.29 is 9.13 Å². The molecule has 0 aliphatic carbocycles. The van der Waals surface area contributed by atoms with Crippen LogP contribution in [0.4, 0.5) is 4.39 Å². The minimum Gasteiger partial charge on any atom is -0.380 e. The summed E-state index contributed by atoms with van der Waals surface area (Å²) in [5.41, 5.74) is 3.83. The molecule has 0 bridgehead atoms. The van der Waals surface area contributed by atoms with Gasteiger partial charge in [-0.3, -0.25) is 0 Å². The van der Waals surface area contributed by atoms with Gasteiger partial charge in [0.2, 0.25) is 0 Å². The Balaban J connectivity index is 2.46. The average molecular weight is 283 g/mol. The maximum atomic E-state index is 13.1. The van der Waals surface area contributed by atoms with Gasteiger partial charge in [-0.2, -0.15) is 5.26 Å². The van der Waals surface area contributed by atoms with Gasteiger partial charge in [0.1, 0.15) is 5.82 Å². The number of rotatable bonds is 5. The zero-order valence-corrected chi connectivity index (χ0v) is 12.3. The number of benzene rings is 2. The Bertz CT molecular complexity index is 643. The number of nitrogens with zero attached hydrogens (tertiary/aromatic N) is 1. The topological polar surface area (TPSA) is 33.0 Å². The van der Waals surface area contributed by atoms with Crippen molar-refractivity contribution in [2.45, 2.75) is 25.9 Å². The first kappa shape index (κ1) is 15.2.